The number of sulfone groups is 1. The summed E-state index contributed by atoms with van der Waals surface area (Å²) in [6.45, 7) is 1.39. The van der Waals surface area contributed by atoms with Crippen LogP contribution >= 0.6 is 11.8 Å². The predicted octanol–water partition coefficient (Wildman–Crippen LogP) is 0.519. The number of aliphatic imine (C=N–C) groups is 1. The molecule has 0 spiro atoms. The fourth-order valence-electron chi connectivity index (χ4n) is 2.17. The van der Waals surface area contributed by atoms with Gasteiger partial charge in [0, 0.05) is 32.1 Å². The lowest BCUT2D eigenvalue weighted by Crippen LogP contribution is -2.28. The molecule has 2 atom stereocenters. The molecule has 0 aromatic heterocycles. The van der Waals surface area contributed by atoms with Gasteiger partial charge in [0.1, 0.15) is 0 Å². The molecule has 18 heavy (non-hydrogen) atoms. The van der Waals surface area contributed by atoms with Crippen molar-refractivity contribution in [3.8, 4) is 0 Å². The van der Waals surface area contributed by atoms with E-state index in [4.69, 9.17) is 4.74 Å². The molecule has 1 N–H and O–H groups in total. The van der Waals surface area contributed by atoms with Crippen molar-refractivity contribution in [2.75, 3.05) is 37.5 Å². The van der Waals surface area contributed by atoms with E-state index >= 15 is 0 Å². The third-order valence-corrected chi connectivity index (χ3v) is 6.17. The van der Waals surface area contributed by atoms with E-state index in [-0.39, 0.29) is 5.92 Å². The Bertz CT molecular complexity index is 409. The highest BCUT2D eigenvalue weighted by Crippen LogP contribution is 2.20. The van der Waals surface area contributed by atoms with E-state index in [2.05, 4.69) is 10.3 Å². The van der Waals surface area contributed by atoms with Crippen LogP contribution in [0.25, 0.3) is 0 Å². The summed E-state index contributed by atoms with van der Waals surface area (Å²) in [4.78, 5) is 4.49. The maximum absolute atomic E-state index is 11.3. The van der Waals surface area contributed by atoms with Gasteiger partial charge in [-0.1, -0.05) is 11.8 Å². The van der Waals surface area contributed by atoms with Crippen molar-refractivity contribution in [2.24, 2.45) is 10.9 Å². The van der Waals surface area contributed by atoms with Crippen LogP contribution in [0.15, 0.2) is 4.99 Å². The number of nitrogens with zero attached hydrogens (tertiary/aromatic N) is 1. The molecular weight excluding hydrogens is 272 g/mol. The van der Waals surface area contributed by atoms with Crippen LogP contribution in [0.4, 0.5) is 0 Å². The van der Waals surface area contributed by atoms with Crippen LogP contribution in [-0.2, 0) is 14.6 Å². The molecule has 2 fully saturated rings. The normalized spacial score (nSPS) is 32.8. The summed E-state index contributed by atoms with van der Waals surface area (Å²) in [5.74, 6) is 1.87. The Kier molecular flexibility index (Phi) is 4.91. The number of ether oxygens (including phenoxy) is 1. The lowest BCUT2D eigenvalue weighted by molar-refractivity contribution is 0.188. The highest BCUT2D eigenvalue weighted by atomic mass is 32.2. The number of rotatable bonds is 5. The molecule has 0 bridgehead atoms. The number of methoxy groups -OCH3 is 1. The van der Waals surface area contributed by atoms with Gasteiger partial charge in [-0.25, -0.2) is 8.42 Å². The smallest absolute Gasteiger partial charge is 0.156 e. The predicted molar refractivity (Wildman–Crippen MR) is 74.9 cm³/mol. The van der Waals surface area contributed by atoms with Gasteiger partial charge < -0.3 is 10.1 Å². The Morgan fingerprint density at radius 2 is 2.39 bits per heavy atom. The second kappa shape index (κ2) is 6.25. The molecule has 2 unspecified atom stereocenters. The topological polar surface area (TPSA) is 67.8 Å². The molecule has 0 amide bonds. The zero-order chi connectivity index (χ0) is 13.0. The Labute approximate surface area is 113 Å². The number of nitrogens with one attached hydrogen (secondary N) is 1. The molecule has 2 aliphatic rings. The first-order valence-corrected chi connectivity index (χ1v) is 9.03. The summed E-state index contributed by atoms with van der Waals surface area (Å²) in [5.41, 5.74) is 0. The second-order valence-corrected chi connectivity index (χ2v) is 8.09. The summed E-state index contributed by atoms with van der Waals surface area (Å²) in [5, 5.41) is 4.31. The molecule has 2 rings (SSSR count). The lowest BCUT2D eigenvalue weighted by atomic mass is 10.1. The average Bonchev–Trinajstić information content (AvgIpc) is 2.90. The molecule has 0 aromatic carbocycles. The van der Waals surface area contributed by atoms with E-state index in [1.165, 1.54) is 0 Å². The van der Waals surface area contributed by atoms with Crippen molar-refractivity contribution >= 4 is 26.8 Å². The van der Waals surface area contributed by atoms with Gasteiger partial charge in [0.2, 0.25) is 0 Å². The Morgan fingerprint density at radius 1 is 1.56 bits per heavy atom. The van der Waals surface area contributed by atoms with Crippen molar-refractivity contribution in [1.82, 2.24) is 5.32 Å². The minimum atomic E-state index is -2.78. The van der Waals surface area contributed by atoms with E-state index in [0.29, 0.717) is 24.1 Å². The van der Waals surface area contributed by atoms with Crippen LogP contribution in [0.1, 0.15) is 12.8 Å². The van der Waals surface area contributed by atoms with Crippen molar-refractivity contribution in [2.45, 2.75) is 18.9 Å². The van der Waals surface area contributed by atoms with Gasteiger partial charge in [0.25, 0.3) is 0 Å². The van der Waals surface area contributed by atoms with Crippen LogP contribution in [0.3, 0.4) is 0 Å². The Balaban J connectivity index is 1.74. The maximum Gasteiger partial charge on any atom is 0.156 e. The van der Waals surface area contributed by atoms with E-state index < -0.39 is 9.84 Å². The molecule has 5 nitrogen and oxygen atoms in total. The first-order valence-electron chi connectivity index (χ1n) is 6.22. The van der Waals surface area contributed by atoms with Gasteiger partial charge in [-0.3, -0.25) is 4.99 Å². The minimum Gasteiger partial charge on any atom is -0.385 e. The molecule has 104 valence electrons. The fourth-order valence-corrected chi connectivity index (χ4v) is 5.05. The van der Waals surface area contributed by atoms with Crippen LogP contribution in [0, 0.1) is 5.92 Å². The Morgan fingerprint density at radius 3 is 3.06 bits per heavy atom. The quantitative estimate of drug-likeness (QED) is 0.800. The molecule has 2 saturated heterocycles. The zero-order valence-corrected chi connectivity index (χ0v) is 12.2. The summed E-state index contributed by atoms with van der Waals surface area (Å²) in [7, 11) is -1.07. The number of amidine groups is 1. The van der Waals surface area contributed by atoms with E-state index in [0.717, 1.165) is 30.4 Å². The Hall–Kier alpha value is -0.270. The second-order valence-electron chi connectivity index (χ2n) is 4.85. The number of hydrogen-bond acceptors (Lipinski definition) is 5. The maximum atomic E-state index is 11.3. The SMILES string of the molecule is COCCC1CSC(=NCC2CCS(=O)(=O)C2)N1. The van der Waals surface area contributed by atoms with Crippen LogP contribution in [0.5, 0.6) is 0 Å². The summed E-state index contributed by atoms with van der Waals surface area (Å²) in [6.07, 6.45) is 1.75. The van der Waals surface area contributed by atoms with E-state index in [9.17, 15) is 8.42 Å². The van der Waals surface area contributed by atoms with Crippen molar-refractivity contribution in [3.63, 3.8) is 0 Å². The van der Waals surface area contributed by atoms with Crippen molar-refractivity contribution < 1.29 is 13.2 Å². The number of hydrogen-bond donors (Lipinski definition) is 1. The first kappa shape index (κ1) is 14.1. The van der Waals surface area contributed by atoms with Crippen LogP contribution in [0.2, 0.25) is 0 Å². The molecule has 2 heterocycles. The lowest BCUT2D eigenvalue weighted by Gasteiger charge is -2.08. The molecule has 2 aliphatic heterocycles. The van der Waals surface area contributed by atoms with Gasteiger partial charge in [-0.2, -0.15) is 0 Å². The van der Waals surface area contributed by atoms with Crippen molar-refractivity contribution in [3.05, 3.63) is 0 Å². The number of thioether (sulfide) groups is 1. The largest absolute Gasteiger partial charge is 0.385 e. The van der Waals surface area contributed by atoms with Gasteiger partial charge in [0.15, 0.2) is 15.0 Å². The standard InChI is InChI=1S/C11H20N2O3S2/c1-16-4-2-10-7-17-11(13-10)12-6-9-3-5-18(14,15)8-9/h9-10H,2-8H2,1H3,(H,12,13). The van der Waals surface area contributed by atoms with E-state index in [1.807, 2.05) is 0 Å². The average molecular weight is 292 g/mol. The van der Waals surface area contributed by atoms with Gasteiger partial charge in [0.05, 0.1) is 11.5 Å². The molecule has 7 heteroatoms. The summed E-state index contributed by atoms with van der Waals surface area (Å²) >= 11 is 1.72. The highest BCUT2D eigenvalue weighted by Gasteiger charge is 2.28. The van der Waals surface area contributed by atoms with Crippen LogP contribution < -0.4 is 5.32 Å². The van der Waals surface area contributed by atoms with Crippen molar-refractivity contribution in [1.29, 1.82) is 0 Å². The molecule has 0 aromatic rings. The van der Waals surface area contributed by atoms with Gasteiger partial charge in [-0.05, 0) is 18.8 Å². The zero-order valence-electron chi connectivity index (χ0n) is 10.6. The van der Waals surface area contributed by atoms with Crippen LogP contribution in [-0.4, -0.2) is 57.1 Å². The third kappa shape index (κ3) is 4.13. The molecular formula is C11H20N2O3S2. The monoisotopic (exact) mass is 292 g/mol. The molecule has 0 saturated carbocycles. The van der Waals surface area contributed by atoms with E-state index in [1.54, 1.807) is 18.9 Å². The summed E-state index contributed by atoms with van der Waals surface area (Å²) < 4.78 is 27.7. The van der Waals surface area contributed by atoms with Gasteiger partial charge >= 0.3 is 0 Å². The summed E-state index contributed by atoms with van der Waals surface area (Å²) in [6, 6.07) is 0.431. The minimum absolute atomic E-state index is 0.211. The van der Waals surface area contributed by atoms with Gasteiger partial charge in [-0.15, -0.1) is 0 Å². The molecule has 0 aliphatic carbocycles. The first-order chi connectivity index (χ1) is 8.59. The fraction of sp³-hybridized carbons (Fsp3) is 0.909. The highest BCUT2D eigenvalue weighted by molar-refractivity contribution is 8.14. The third-order valence-electron chi connectivity index (χ3n) is 3.24. The molecule has 0 radical (unpaired) electrons.